The molecule has 3 heterocycles. The van der Waals surface area contributed by atoms with Crippen molar-refractivity contribution in [3.05, 3.63) is 12.4 Å². The third-order valence-corrected chi connectivity index (χ3v) is 12.6. The summed E-state index contributed by atoms with van der Waals surface area (Å²) in [4.78, 5) is 40.2. The second-order valence-electron chi connectivity index (χ2n) is 13.1. The van der Waals surface area contributed by atoms with Crippen molar-refractivity contribution in [2.45, 2.75) is 82.5 Å². The summed E-state index contributed by atoms with van der Waals surface area (Å²) in [5.74, 6) is -0.461. The van der Waals surface area contributed by atoms with Crippen LogP contribution in [0.5, 0.6) is 0 Å². The molecule has 0 aromatic carbocycles. The Hall–Kier alpha value is -1.54. The number of aromatic nitrogens is 4. The number of aliphatic hydroxyl groups excluding tert-OH is 2. The molecule has 7 N–H and O–H groups in total. The van der Waals surface area contributed by atoms with Gasteiger partial charge in [0.1, 0.15) is 24.2 Å². The van der Waals surface area contributed by atoms with Crippen molar-refractivity contribution in [1.29, 1.82) is 0 Å². The highest BCUT2D eigenvalue weighted by Crippen LogP contribution is 2.67. The zero-order valence-corrected chi connectivity index (χ0v) is 23.9. The van der Waals surface area contributed by atoms with Crippen molar-refractivity contribution in [2.24, 2.45) is 16.7 Å². The fraction of sp³-hybridized carbons (Fsp3) is 0.783. The number of imidazole rings is 1. The van der Waals surface area contributed by atoms with Crippen LogP contribution in [0.25, 0.3) is 11.2 Å². The van der Waals surface area contributed by atoms with E-state index in [1.807, 2.05) is 0 Å². The highest BCUT2D eigenvalue weighted by atomic mass is 31.2. The van der Waals surface area contributed by atoms with Gasteiger partial charge in [0.05, 0.1) is 6.33 Å². The van der Waals surface area contributed by atoms with Crippen LogP contribution in [0.15, 0.2) is 6.33 Å². The predicted molar refractivity (Wildman–Crippen MR) is 140 cm³/mol. The molecule has 17 heteroatoms. The summed E-state index contributed by atoms with van der Waals surface area (Å²) in [5.41, 5.74) is 0.478. The number of hydrogen-bond donors (Lipinski definition) is 7. The Balaban J connectivity index is 1.25. The SMILES string of the molecule is C[C@]12CC3CC(Nc4nc(F)nc5c4ncn5[C@@H]4O[C@H](CNP(=O)(O)CP(=O)(O)O)C(O)C4O)(C1)C[C@@](C)(C3)C2. The minimum absolute atomic E-state index is 0.0383. The highest BCUT2D eigenvalue weighted by molar-refractivity contribution is 7.71. The van der Waals surface area contributed by atoms with Crippen molar-refractivity contribution < 1.29 is 43.2 Å². The molecule has 222 valence electrons. The third-order valence-electron chi connectivity index (χ3n) is 8.93. The van der Waals surface area contributed by atoms with Gasteiger partial charge in [-0.1, -0.05) is 13.8 Å². The minimum atomic E-state index is -4.79. The summed E-state index contributed by atoms with van der Waals surface area (Å²) in [6.45, 7) is 4.16. The summed E-state index contributed by atoms with van der Waals surface area (Å²) in [6, 6.07) is 0. The lowest BCUT2D eigenvalue weighted by Crippen LogP contribution is -2.61. The smallest absolute Gasteiger partial charge is 0.336 e. The van der Waals surface area contributed by atoms with Crippen LogP contribution < -0.4 is 10.4 Å². The van der Waals surface area contributed by atoms with Crippen molar-refractivity contribution in [1.82, 2.24) is 24.6 Å². The van der Waals surface area contributed by atoms with Crippen LogP contribution >= 0.6 is 15.1 Å². The molecule has 0 radical (unpaired) electrons. The first-order valence-electron chi connectivity index (χ1n) is 13.3. The number of nitrogens with zero attached hydrogens (tertiary/aromatic N) is 4. The summed E-state index contributed by atoms with van der Waals surface area (Å²) in [7, 11) is -9.26. The highest BCUT2D eigenvalue weighted by Gasteiger charge is 2.60. The lowest BCUT2D eigenvalue weighted by Gasteiger charge is -2.65. The molecular formula is C23H35FN6O8P2. The van der Waals surface area contributed by atoms with E-state index in [0.29, 0.717) is 5.92 Å². The van der Waals surface area contributed by atoms with Crippen LogP contribution in [0.4, 0.5) is 10.2 Å². The standard InChI is InChI=1S/C23H35FN6O8P2/c1-21-3-12-4-22(2,7-21)9-23(5-12,8-21)29-17-14-18(28-20(24)27-17)30(10-25-14)19-16(32)15(31)13(38-19)6-26-39(33,34)11-40(35,36)37/h10,12-13,15-16,19,31-32H,3-9,11H2,1-2H3,(H2,26,33,34)(H,27,28,29)(H2,35,36,37)/t12?,13-,15?,16?,19-,21-,22+,23?/m1/s1. The molecule has 4 bridgehead atoms. The number of anilines is 1. The molecule has 1 saturated heterocycles. The molecule has 2 aromatic rings. The van der Waals surface area contributed by atoms with Gasteiger partial charge < -0.3 is 34.9 Å². The maximum Gasteiger partial charge on any atom is 0.336 e. The number of ether oxygens (including phenoxy) is 1. The molecule has 2 aromatic heterocycles. The molecule has 4 aliphatic carbocycles. The van der Waals surface area contributed by atoms with E-state index in [-0.39, 0.29) is 33.4 Å². The number of halogens is 1. The van der Waals surface area contributed by atoms with Gasteiger partial charge in [-0.3, -0.25) is 13.7 Å². The Labute approximate surface area is 229 Å². The van der Waals surface area contributed by atoms with Crippen LogP contribution in [-0.4, -0.2) is 80.7 Å². The molecule has 4 saturated carbocycles. The number of aliphatic hydroxyl groups is 2. The molecule has 1 aliphatic heterocycles. The summed E-state index contributed by atoms with van der Waals surface area (Å²) in [6.07, 6.45) is 1.13. The summed E-state index contributed by atoms with van der Waals surface area (Å²) >= 11 is 0. The first-order chi connectivity index (χ1) is 18.5. The van der Waals surface area contributed by atoms with Gasteiger partial charge in [-0.15, -0.1) is 0 Å². The number of fused-ring (bicyclic) bond motifs is 1. The van der Waals surface area contributed by atoms with E-state index in [0.717, 1.165) is 19.3 Å². The van der Waals surface area contributed by atoms with E-state index in [9.17, 15) is 28.6 Å². The molecule has 5 fully saturated rings. The first kappa shape index (κ1) is 28.6. The zero-order valence-electron chi connectivity index (χ0n) is 22.1. The van der Waals surface area contributed by atoms with Gasteiger partial charge in [-0.25, -0.2) is 10.1 Å². The van der Waals surface area contributed by atoms with Crippen molar-refractivity contribution in [3.8, 4) is 0 Å². The molecule has 0 spiro atoms. The van der Waals surface area contributed by atoms with Crippen LogP contribution in [0.3, 0.4) is 0 Å². The molecule has 9 atom stereocenters. The second kappa shape index (κ2) is 9.23. The van der Waals surface area contributed by atoms with Gasteiger partial charge in [0.15, 0.2) is 23.2 Å². The Morgan fingerprint density at radius 3 is 2.38 bits per heavy atom. The van der Waals surface area contributed by atoms with Gasteiger partial charge in [-0.05, 0) is 55.3 Å². The maximum atomic E-state index is 14.8. The predicted octanol–water partition coefficient (Wildman–Crippen LogP) is 1.66. The van der Waals surface area contributed by atoms with Gasteiger partial charge in [0.2, 0.25) is 0 Å². The average Bonchev–Trinajstić information content (AvgIpc) is 3.29. The topological polar surface area (TPSA) is 212 Å². The Kier molecular flexibility index (Phi) is 6.59. The van der Waals surface area contributed by atoms with E-state index in [1.54, 1.807) is 0 Å². The lowest BCUT2D eigenvalue weighted by molar-refractivity contribution is -0.0973. The van der Waals surface area contributed by atoms with Gasteiger partial charge >= 0.3 is 13.7 Å². The van der Waals surface area contributed by atoms with Gasteiger partial charge in [0, 0.05) is 12.1 Å². The molecule has 5 aliphatic rings. The first-order valence-corrected chi connectivity index (χ1v) is 16.9. The fourth-order valence-corrected chi connectivity index (χ4v) is 11.5. The largest absolute Gasteiger partial charge is 0.387 e. The lowest BCUT2D eigenvalue weighted by atomic mass is 9.43. The number of nitrogens with one attached hydrogen (secondary N) is 2. The Bertz CT molecular complexity index is 1420. The minimum Gasteiger partial charge on any atom is -0.387 e. The fourth-order valence-electron chi connectivity index (χ4n) is 8.66. The normalized spacial score (nSPS) is 40.5. The maximum absolute atomic E-state index is 14.8. The van der Waals surface area contributed by atoms with Gasteiger partial charge in [0.25, 0.3) is 7.52 Å². The summed E-state index contributed by atoms with van der Waals surface area (Å²) in [5, 5.41) is 26.9. The molecular weight excluding hydrogens is 569 g/mol. The van der Waals surface area contributed by atoms with E-state index >= 15 is 0 Å². The van der Waals surface area contributed by atoms with E-state index < -0.39 is 58.2 Å². The Morgan fingerprint density at radius 1 is 1.07 bits per heavy atom. The van der Waals surface area contributed by atoms with Crippen molar-refractivity contribution >= 4 is 32.1 Å². The molecule has 7 rings (SSSR count). The van der Waals surface area contributed by atoms with Crippen LogP contribution in [0, 0.1) is 22.8 Å². The van der Waals surface area contributed by atoms with E-state index in [4.69, 9.17) is 14.5 Å². The van der Waals surface area contributed by atoms with Crippen molar-refractivity contribution in [3.63, 3.8) is 0 Å². The Morgan fingerprint density at radius 2 is 1.75 bits per heavy atom. The third kappa shape index (κ3) is 5.25. The average molecular weight is 605 g/mol. The van der Waals surface area contributed by atoms with Crippen LogP contribution in [-0.2, 0) is 13.9 Å². The van der Waals surface area contributed by atoms with Crippen LogP contribution in [0.1, 0.15) is 58.6 Å². The molecule has 14 nitrogen and oxygen atoms in total. The monoisotopic (exact) mass is 604 g/mol. The quantitative estimate of drug-likeness (QED) is 0.169. The molecule has 40 heavy (non-hydrogen) atoms. The summed E-state index contributed by atoms with van der Waals surface area (Å²) < 4.78 is 45.0. The number of hydrogen-bond acceptors (Lipinski definition) is 9. The second-order valence-corrected chi connectivity index (χ2v) is 17.3. The van der Waals surface area contributed by atoms with E-state index in [1.165, 1.54) is 30.2 Å². The van der Waals surface area contributed by atoms with Crippen molar-refractivity contribution in [2.75, 3.05) is 17.8 Å². The number of rotatable bonds is 8. The molecule has 5 unspecified atom stereocenters. The van der Waals surface area contributed by atoms with Gasteiger partial charge in [-0.2, -0.15) is 14.4 Å². The zero-order chi connectivity index (χ0) is 28.9. The van der Waals surface area contributed by atoms with Crippen LogP contribution in [0.2, 0.25) is 0 Å². The molecule has 0 amide bonds. The van der Waals surface area contributed by atoms with E-state index in [2.05, 4.69) is 39.2 Å².